The van der Waals surface area contributed by atoms with E-state index in [9.17, 15) is 0 Å². The smallest absolute Gasteiger partial charge is 0.0978 e. The zero-order valence-corrected chi connectivity index (χ0v) is 8.68. The van der Waals surface area contributed by atoms with Crippen LogP contribution in [0.2, 0.25) is 0 Å². The second-order valence-corrected chi connectivity index (χ2v) is 3.51. The van der Waals surface area contributed by atoms with E-state index in [1.165, 1.54) is 11.3 Å². The van der Waals surface area contributed by atoms with Gasteiger partial charge in [0.15, 0.2) is 0 Å². The molecule has 0 aromatic heterocycles. The zero-order chi connectivity index (χ0) is 9.46. The van der Waals surface area contributed by atoms with Crippen LogP contribution < -0.4 is 0 Å². The monoisotopic (exact) mass is 166 g/mol. The molecule has 0 N–H and O–H groups in total. The van der Waals surface area contributed by atoms with Gasteiger partial charge in [-0.3, -0.25) is 0 Å². The Hall–Kier alpha value is -0.920. The summed E-state index contributed by atoms with van der Waals surface area (Å²) in [7, 11) is 4.20. The van der Waals surface area contributed by atoms with Crippen LogP contribution >= 0.6 is 0 Å². The van der Waals surface area contributed by atoms with Crippen LogP contribution in [-0.2, 0) is 0 Å². The lowest BCUT2D eigenvalue weighted by Gasteiger charge is -2.42. The summed E-state index contributed by atoms with van der Waals surface area (Å²) in [5.74, 6) is 0. The highest BCUT2D eigenvalue weighted by Gasteiger charge is 2.23. The van der Waals surface area contributed by atoms with E-state index in [0.29, 0.717) is 6.17 Å². The van der Waals surface area contributed by atoms with E-state index in [4.69, 9.17) is 0 Å². The average molecular weight is 166 g/mol. The van der Waals surface area contributed by atoms with Crippen LogP contribution in [0.3, 0.4) is 0 Å². The molecule has 0 saturated heterocycles. The molecule has 0 aliphatic carbocycles. The Morgan fingerprint density at radius 3 is 2.17 bits per heavy atom. The van der Waals surface area contributed by atoms with Gasteiger partial charge >= 0.3 is 0 Å². The highest BCUT2D eigenvalue weighted by atomic mass is 15.4. The SMILES string of the molecule is C=C1C(C)=C(C)N(C)C(C)N1C. The van der Waals surface area contributed by atoms with Gasteiger partial charge in [-0.05, 0) is 26.3 Å². The Bertz CT molecular complexity index is 240. The van der Waals surface area contributed by atoms with E-state index in [-0.39, 0.29) is 0 Å². The van der Waals surface area contributed by atoms with E-state index in [2.05, 4.69) is 51.2 Å². The van der Waals surface area contributed by atoms with Crippen molar-refractivity contribution in [2.75, 3.05) is 14.1 Å². The summed E-state index contributed by atoms with van der Waals surface area (Å²) in [6.07, 6.45) is 0.418. The van der Waals surface area contributed by atoms with Crippen LogP contribution in [0.25, 0.3) is 0 Å². The van der Waals surface area contributed by atoms with Gasteiger partial charge in [0.1, 0.15) is 0 Å². The molecule has 1 rings (SSSR count). The lowest BCUT2D eigenvalue weighted by Crippen LogP contribution is -2.45. The Balaban J connectivity index is 3.08. The van der Waals surface area contributed by atoms with Gasteiger partial charge in [0.05, 0.1) is 6.17 Å². The fourth-order valence-electron chi connectivity index (χ4n) is 1.50. The second-order valence-electron chi connectivity index (χ2n) is 3.51. The van der Waals surface area contributed by atoms with Crippen LogP contribution in [0.5, 0.6) is 0 Å². The lowest BCUT2D eigenvalue weighted by molar-refractivity contribution is 0.146. The third kappa shape index (κ3) is 1.11. The summed E-state index contributed by atoms with van der Waals surface area (Å²) in [4.78, 5) is 4.46. The highest BCUT2D eigenvalue weighted by Crippen LogP contribution is 2.27. The van der Waals surface area contributed by atoms with Crippen molar-refractivity contribution in [2.24, 2.45) is 0 Å². The third-order valence-corrected chi connectivity index (χ3v) is 3.05. The first-order chi connectivity index (χ1) is 5.46. The van der Waals surface area contributed by atoms with Crippen molar-refractivity contribution in [3.05, 3.63) is 23.5 Å². The molecule has 0 bridgehead atoms. The maximum Gasteiger partial charge on any atom is 0.0978 e. The molecule has 2 nitrogen and oxygen atoms in total. The number of rotatable bonds is 0. The van der Waals surface area contributed by atoms with E-state index >= 15 is 0 Å². The maximum absolute atomic E-state index is 4.05. The van der Waals surface area contributed by atoms with Gasteiger partial charge in [0.2, 0.25) is 0 Å². The summed E-state index contributed by atoms with van der Waals surface area (Å²) < 4.78 is 0. The second kappa shape index (κ2) is 2.85. The van der Waals surface area contributed by atoms with Crippen LogP contribution in [0, 0.1) is 0 Å². The first kappa shape index (κ1) is 9.17. The van der Waals surface area contributed by atoms with Crippen LogP contribution in [0.15, 0.2) is 23.5 Å². The molecule has 1 heterocycles. The summed E-state index contributed by atoms with van der Waals surface area (Å²) >= 11 is 0. The summed E-state index contributed by atoms with van der Waals surface area (Å²) in [5, 5.41) is 0. The molecule has 0 spiro atoms. The Morgan fingerprint density at radius 2 is 1.67 bits per heavy atom. The maximum atomic E-state index is 4.05. The number of likely N-dealkylation sites (N-methyl/N-ethyl adjacent to an activating group) is 1. The van der Waals surface area contributed by atoms with Crippen molar-refractivity contribution < 1.29 is 0 Å². The Morgan fingerprint density at radius 1 is 1.17 bits per heavy atom. The molecule has 2 heteroatoms. The molecule has 1 aliphatic rings. The van der Waals surface area contributed by atoms with Crippen molar-refractivity contribution in [1.82, 2.24) is 9.80 Å². The van der Waals surface area contributed by atoms with Gasteiger partial charge in [0.25, 0.3) is 0 Å². The van der Waals surface area contributed by atoms with Crippen molar-refractivity contribution in [3.63, 3.8) is 0 Å². The van der Waals surface area contributed by atoms with Gasteiger partial charge in [-0.1, -0.05) is 6.58 Å². The molecular formula is C10H18N2. The normalized spacial score (nSPS) is 25.4. The number of hydrogen-bond acceptors (Lipinski definition) is 2. The zero-order valence-electron chi connectivity index (χ0n) is 8.68. The Labute approximate surface area is 75.2 Å². The van der Waals surface area contributed by atoms with Crippen molar-refractivity contribution in [1.29, 1.82) is 0 Å². The summed E-state index contributed by atoms with van der Waals surface area (Å²) in [6.45, 7) is 10.5. The molecule has 0 amide bonds. The van der Waals surface area contributed by atoms with Crippen LogP contribution in [-0.4, -0.2) is 30.1 Å². The largest absolute Gasteiger partial charge is 0.358 e. The fraction of sp³-hybridized carbons (Fsp3) is 0.600. The fourth-order valence-corrected chi connectivity index (χ4v) is 1.50. The van der Waals surface area contributed by atoms with Gasteiger partial charge in [-0.2, -0.15) is 0 Å². The minimum Gasteiger partial charge on any atom is -0.358 e. The van der Waals surface area contributed by atoms with Crippen LogP contribution in [0.4, 0.5) is 0 Å². The van der Waals surface area contributed by atoms with Gasteiger partial charge in [-0.15, -0.1) is 0 Å². The molecular weight excluding hydrogens is 148 g/mol. The van der Waals surface area contributed by atoms with E-state index in [0.717, 1.165) is 5.70 Å². The highest BCUT2D eigenvalue weighted by molar-refractivity contribution is 5.32. The van der Waals surface area contributed by atoms with Gasteiger partial charge in [-0.25, -0.2) is 0 Å². The number of hydrogen-bond donors (Lipinski definition) is 0. The summed E-state index contributed by atoms with van der Waals surface area (Å²) in [6, 6.07) is 0. The molecule has 1 atom stereocenters. The molecule has 0 fully saturated rings. The lowest BCUT2D eigenvalue weighted by atomic mass is 10.1. The number of nitrogens with zero attached hydrogens (tertiary/aromatic N) is 2. The molecule has 0 aromatic carbocycles. The topological polar surface area (TPSA) is 6.48 Å². The first-order valence-electron chi connectivity index (χ1n) is 4.29. The van der Waals surface area contributed by atoms with Crippen molar-refractivity contribution >= 4 is 0 Å². The van der Waals surface area contributed by atoms with Gasteiger partial charge < -0.3 is 9.80 Å². The molecule has 0 radical (unpaired) electrons. The third-order valence-electron chi connectivity index (χ3n) is 3.05. The molecule has 0 aromatic rings. The average Bonchev–Trinajstić information content (AvgIpc) is 2.08. The first-order valence-corrected chi connectivity index (χ1v) is 4.29. The molecule has 0 saturated carbocycles. The molecule has 1 aliphatic heterocycles. The minimum absolute atomic E-state index is 0.418. The predicted molar refractivity (Wildman–Crippen MR) is 52.5 cm³/mol. The standard InChI is InChI=1S/C10H18N2/c1-7-8(2)11(5)10(4)12(6)9(7)3/h10H,2H2,1,3-6H3. The minimum atomic E-state index is 0.418. The Kier molecular flexibility index (Phi) is 2.18. The number of allylic oxidation sites excluding steroid dienone is 2. The van der Waals surface area contributed by atoms with E-state index in [1.54, 1.807) is 0 Å². The molecule has 68 valence electrons. The van der Waals surface area contributed by atoms with Crippen molar-refractivity contribution in [3.8, 4) is 0 Å². The summed E-state index contributed by atoms with van der Waals surface area (Å²) in [5.41, 5.74) is 3.75. The molecule has 12 heavy (non-hydrogen) atoms. The van der Waals surface area contributed by atoms with Crippen molar-refractivity contribution in [2.45, 2.75) is 26.9 Å². The van der Waals surface area contributed by atoms with Crippen LogP contribution in [0.1, 0.15) is 20.8 Å². The van der Waals surface area contributed by atoms with E-state index in [1.807, 2.05) is 0 Å². The quantitative estimate of drug-likeness (QED) is 0.543. The van der Waals surface area contributed by atoms with Gasteiger partial charge in [0, 0.05) is 25.5 Å². The molecule has 1 unspecified atom stereocenters. The van der Waals surface area contributed by atoms with E-state index < -0.39 is 0 Å². The predicted octanol–water partition coefficient (Wildman–Crippen LogP) is 2.02.